The number of nitriles is 1. The summed E-state index contributed by atoms with van der Waals surface area (Å²) < 4.78 is 5.90. The summed E-state index contributed by atoms with van der Waals surface area (Å²) in [7, 11) is 1.57. The van der Waals surface area contributed by atoms with Crippen molar-refractivity contribution in [3.05, 3.63) is 59.3 Å². The van der Waals surface area contributed by atoms with Gasteiger partial charge in [0.1, 0.15) is 11.8 Å². The molecule has 3 aromatic rings. The van der Waals surface area contributed by atoms with Crippen molar-refractivity contribution in [3.63, 3.8) is 0 Å². The number of benzene rings is 2. The second-order valence-electron chi connectivity index (χ2n) is 8.98. The molecule has 0 fully saturated rings. The summed E-state index contributed by atoms with van der Waals surface area (Å²) in [5.74, 6) is 0.657. The predicted octanol–water partition coefficient (Wildman–Crippen LogP) is 3.58. The van der Waals surface area contributed by atoms with Crippen LogP contribution < -0.4 is 20.7 Å². The highest BCUT2D eigenvalue weighted by Gasteiger charge is 2.36. The second-order valence-corrected chi connectivity index (χ2v) is 8.98. The molecule has 1 aromatic heterocycles. The van der Waals surface area contributed by atoms with Gasteiger partial charge in [0.25, 0.3) is 5.91 Å². The van der Waals surface area contributed by atoms with Gasteiger partial charge in [-0.05, 0) is 55.8 Å². The molecule has 180 valence electrons. The molecule has 1 aliphatic rings. The van der Waals surface area contributed by atoms with E-state index in [-0.39, 0.29) is 18.6 Å². The average Bonchev–Trinajstić information content (AvgIpc) is 3.21. The van der Waals surface area contributed by atoms with Crippen LogP contribution in [0.2, 0.25) is 0 Å². The first kappa shape index (κ1) is 24.0. The molecule has 2 aromatic carbocycles. The highest BCUT2D eigenvalue weighted by atomic mass is 16.5. The van der Waals surface area contributed by atoms with E-state index in [9.17, 15) is 15.2 Å². The Kier molecular flexibility index (Phi) is 6.58. The Hall–Kier alpha value is -4.16. The Balaban J connectivity index is 1.73. The molecular formula is C26H28N6O3. The smallest absolute Gasteiger partial charge is 0.251 e. The average molecular weight is 473 g/mol. The number of aromatic nitrogens is 2. The van der Waals surface area contributed by atoms with Crippen LogP contribution in [0.3, 0.4) is 0 Å². The lowest BCUT2D eigenvalue weighted by Crippen LogP contribution is -2.28. The van der Waals surface area contributed by atoms with Crippen LogP contribution in [0, 0.1) is 11.3 Å². The van der Waals surface area contributed by atoms with Gasteiger partial charge in [0.05, 0.1) is 35.3 Å². The van der Waals surface area contributed by atoms with Crippen LogP contribution in [0.1, 0.15) is 42.3 Å². The van der Waals surface area contributed by atoms with Crippen LogP contribution in [0.5, 0.6) is 5.75 Å². The first-order chi connectivity index (χ1) is 16.8. The molecule has 0 aliphatic carbocycles. The molecule has 0 radical (unpaired) electrons. The van der Waals surface area contributed by atoms with Crippen molar-refractivity contribution >= 4 is 23.2 Å². The molecule has 35 heavy (non-hydrogen) atoms. The van der Waals surface area contributed by atoms with E-state index in [0.29, 0.717) is 40.8 Å². The third-order valence-corrected chi connectivity index (χ3v) is 5.94. The van der Waals surface area contributed by atoms with Crippen molar-refractivity contribution in [2.45, 2.75) is 32.3 Å². The fourth-order valence-corrected chi connectivity index (χ4v) is 4.03. The van der Waals surface area contributed by atoms with Crippen molar-refractivity contribution in [3.8, 4) is 23.1 Å². The van der Waals surface area contributed by atoms with Crippen LogP contribution in [-0.4, -0.2) is 47.3 Å². The minimum Gasteiger partial charge on any atom is -0.489 e. The first-order valence-corrected chi connectivity index (χ1v) is 11.3. The number of anilines is 3. The lowest BCUT2D eigenvalue weighted by atomic mass is 9.83. The van der Waals surface area contributed by atoms with Crippen molar-refractivity contribution in [1.82, 2.24) is 15.3 Å². The normalized spacial score (nSPS) is 16.3. The summed E-state index contributed by atoms with van der Waals surface area (Å²) in [5, 5.41) is 28.7. The molecule has 4 N–H and O–H groups in total. The van der Waals surface area contributed by atoms with E-state index in [0.717, 1.165) is 16.8 Å². The molecule has 0 unspecified atom stereocenters. The van der Waals surface area contributed by atoms with Gasteiger partial charge in [0.15, 0.2) is 0 Å². The number of fused-ring (bicyclic) bond motifs is 1. The van der Waals surface area contributed by atoms with Gasteiger partial charge in [-0.15, -0.1) is 0 Å². The molecule has 4 rings (SSSR count). The molecule has 0 spiro atoms. The summed E-state index contributed by atoms with van der Waals surface area (Å²) in [5.41, 5.74) is 4.02. The van der Waals surface area contributed by atoms with Gasteiger partial charge in [0, 0.05) is 36.3 Å². The summed E-state index contributed by atoms with van der Waals surface area (Å²) in [6, 6.07) is 12.9. The van der Waals surface area contributed by atoms with E-state index in [1.165, 1.54) is 0 Å². The van der Waals surface area contributed by atoms with Gasteiger partial charge in [0.2, 0.25) is 5.95 Å². The maximum absolute atomic E-state index is 12.2. The Labute approximate surface area is 204 Å². The lowest BCUT2D eigenvalue weighted by molar-refractivity contribution is 0.0963. The van der Waals surface area contributed by atoms with E-state index in [1.54, 1.807) is 43.6 Å². The van der Waals surface area contributed by atoms with Gasteiger partial charge in [-0.2, -0.15) is 5.26 Å². The van der Waals surface area contributed by atoms with E-state index in [2.05, 4.69) is 32.0 Å². The molecule has 0 bridgehead atoms. The number of hydrogen-bond acceptors (Lipinski definition) is 8. The summed E-state index contributed by atoms with van der Waals surface area (Å²) in [6.45, 7) is 6.30. The SMILES string of the molecule is CNC(=O)c1ccc(OC(C)C)c(Nc2nccc(-c3cc(C#N)c4c(c3)[C@@](C)(CO)CN4)n2)c1. The zero-order chi connectivity index (χ0) is 25.2. The molecule has 9 heteroatoms. The quantitative estimate of drug-likeness (QED) is 0.410. The zero-order valence-electron chi connectivity index (χ0n) is 20.1. The molecule has 1 aliphatic heterocycles. The number of carbonyl (C=O) groups is 1. The molecule has 0 saturated carbocycles. The van der Waals surface area contributed by atoms with E-state index in [1.807, 2.05) is 26.8 Å². The van der Waals surface area contributed by atoms with Crippen LogP contribution in [-0.2, 0) is 5.41 Å². The maximum atomic E-state index is 12.2. The monoisotopic (exact) mass is 472 g/mol. The summed E-state index contributed by atoms with van der Waals surface area (Å²) in [6.07, 6.45) is 1.55. The molecule has 1 amide bonds. The van der Waals surface area contributed by atoms with Crippen LogP contribution in [0.4, 0.5) is 17.3 Å². The Bertz CT molecular complexity index is 1320. The van der Waals surface area contributed by atoms with E-state index in [4.69, 9.17) is 4.74 Å². The molecular weight excluding hydrogens is 444 g/mol. The standard InChI is InChI=1S/C26H28N6O3/c1-15(2)35-22-6-5-16(24(34)28-4)11-21(22)32-25-29-8-7-20(31-25)17-9-18(12-27)23-19(10-17)26(3,14-33)13-30-23/h5-11,15,30,33H,13-14H2,1-4H3,(H,28,34)(H,29,31,32)/t26-/m1/s1. The number of hydrogen-bond donors (Lipinski definition) is 4. The van der Waals surface area contributed by atoms with Gasteiger partial charge < -0.3 is 25.8 Å². The highest BCUT2D eigenvalue weighted by Crippen LogP contribution is 2.41. The summed E-state index contributed by atoms with van der Waals surface area (Å²) in [4.78, 5) is 21.2. The summed E-state index contributed by atoms with van der Waals surface area (Å²) >= 11 is 0. The van der Waals surface area contributed by atoms with E-state index >= 15 is 0 Å². The predicted molar refractivity (Wildman–Crippen MR) is 134 cm³/mol. The van der Waals surface area contributed by atoms with Crippen LogP contribution >= 0.6 is 0 Å². The third-order valence-electron chi connectivity index (χ3n) is 5.94. The van der Waals surface area contributed by atoms with Crippen molar-refractivity contribution < 1.29 is 14.6 Å². The van der Waals surface area contributed by atoms with Gasteiger partial charge in [-0.3, -0.25) is 4.79 Å². The van der Waals surface area contributed by atoms with Gasteiger partial charge in [-0.25, -0.2) is 9.97 Å². The van der Waals surface area contributed by atoms with Crippen LogP contribution in [0.25, 0.3) is 11.3 Å². The molecule has 9 nitrogen and oxygen atoms in total. The third kappa shape index (κ3) is 4.74. The Morgan fingerprint density at radius 3 is 2.80 bits per heavy atom. The topological polar surface area (TPSA) is 132 Å². The Morgan fingerprint density at radius 1 is 1.31 bits per heavy atom. The Morgan fingerprint density at radius 2 is 2.11 bits per heavy atom. The molecule has 0 saturated heterocycles. The van der Waals surface area contributed by atoms with Crippen molar-refractivity contribution in [1.29, 1.82) is 5.26 Å². The number of nitrogens with zero attached hydrogens (tertiary/aromatic N) is 3. The minimum absolute atomic E-state index is 0.0434. The number of amides is 1. The number of ether oxygens (including phenoxy) is 1. The highest BCUT2D eigenvalue weighted by molar-refractivity contribution is 5.95. The number of aliphatic hydroxyl groups excluding tert-OH is 1. The number of rotatable bonds is 7. The minimum atomic E-state index is -0.492. The molecule has 2 heterocycles. The largest absolute Gasteiger partial charge is 0.489 e. The second kappa shape index (κ2) is 9.60. The lowest BCUT2D eigenvalue weighted by Gasteiger charge is -2.21. The van der Waals surface area contributed by atoms with Gasteiger partial charge in [-0.1, -0.05) is 6.92 Å². The van der Waals surface area contributed by atoms with E-state index < -0.39 is 5.41 Å². The number of nitrogens with one attached hydrogen (secondary N) is 3. The fourth-order valence-electron chi connectivity index (χ4n) is 4.03. The maximum Gasteiger partial charge on any atom is 0.251 e. The van der Waals surface area contributed by atoms with Crippen LogP contribution in [0.15, 0.2) is 42.6 Å². The number of aliphatic hydroxyl groups is 1. The molecule has 1 atom stereocenters. The fraction of sp³-hybridized carbons (Fsp3) is 0.308. The van der Waals surface area contributed by atoms with Crippen molar-refractivity contribution in [2.75, 3.05) is 30.8 Å². The van der Waals surface area contributed by atoms with Crippen molar-refractivity contribution in [2.24, 2.45) is 0 Å². The van der Waals surface area contributed by atoms with Gasteiger partial charge >= 0.3 is 0 Å². The first-order valence-electron chi connectivity index (χ1n) is 11.3. The number of carbonyl (C=O) groups excluding carboxylic acids is 1. The zero-order valence-corrected chi connectivity index (χ0v) is 20.1.